The molecule has 6 heteroatoms. The molecule has 0 saturated heterocycles. The normalized spacial score (nSPS) is 10.6. The van der Waals surface area contributed by atoms with E-state index in [1.165, 1.54) is 29.0 Å². The van der Waals surface area contributed by atoms with Crippen LogP contribution in [0.5, 0.6) is 5.75 Å². The number of amides is 1. The molecule has 0 bridgehead atoms. The number of ether oxygens (including phenoxy) is 1. The summed E-state index contributed by atoms with van der Waals surface area (Å²) in [6.45, 7) is -0.199. The van der Waals surface area contributed by atoms with Crippen LogP contribution in [0.1, 0.15) is 0 Å². The Morgan fingerprint density at radius 2 is 2.00 bits per heavy atom. The van der Waals surface area contributed by atoms with Crippen molar-refractivity contribution in [3.05, 3.63) is 70.9 Å². The van der Waals surface area contributed by atoms with Gasteiger partial charge in [0.25, 0.3) is 5.56 Å². The summed E-state index contributed by atoms with van der Waals surface area (Å²) < 4.78 is 20.0. The van der Waals surface area contributed by atoms with Crippen molar-refractivity contribution < 1.29 is 13.9 Å². The predicted octanol–water partition coefficient (Wildman–Crippen LogP) is 2.79. The van der Waals surface area contributed by atoms with Crippen LogP contribution in [0.4, 0.5) is 10.1 Å². The summed E-state index contributed by atoms with van der Waals surface area (Å²) in [5.41, 5.74) is -0.208. The minimum atomic E-state index is -0.524. The van der Waals surface area contributed by atoms with Gasteiger partial charge < -0.3 is 14.6 Å². The number of aromatic nitrogens is 1. The van der Waals surface area contributed by atoms with E-state index in [0.717, 1.165) is 5.39 Å². The number of methoxy groups -OCH3 is 1. The van der Waals surface area contributed by atoms with E-state index in [9.17, 15) is 14.0 Å². The van der Waals surface area contributed by atoms with Gasteiger partial charge in [-0.3, -0.25) is 9.59 Å². The number of halogens is 1. The fourth-order valence-electron chi connectivity index (χ4n) is 2.42. The summed E-state index contributed by atoms with van der Waals surface area (Å²) in [4.78, 5) is 24.5. The maximum atomic E-state index is 13.6. The van der Waals surface area contributed by atoms with Gasteiger partial charge in [0.05, 0.1) is 12.8 Å². The van der Waals surface area contributed by atoms with Gasteiger partial charge in [-0.05, 0) is 41.8 Å². The number of carbonyl (C=O) groups is 1. The van der Waals surface area contributed by atoms with Crippen molar-refractivity contribution in [1.29, 1.82) is 0 Å². The van der Waals surface area contributed by atoms with E-state index in [4.69, 9.17) is 4.74 Å². The number of pyridine rings is 1. The zero-order valence-corrected chi connectivity index (χ0v) is 13.0. The first-order valence-electron chi connectivity index (χ1n) is 7.30. The Hall–Kier alpha value is -3.15. The first-order chi connectivity index (χ1) is 11.6. The van der Waals surface area contributed by atoms with E-state index in [-0.39, 0.29) is 17.8 Å². The molecule has 122 valence electrons. The standard InChI is InChI=1S/C18H15FN2O3/c1-24-13-6-7-14-12(10-13)8-9-21(18(14)23)11-17(22)20-16-5-3-2-4-15(16)19/h2-10H,11H2,1H3,(H,20,22). The van der Waals surface area contributed by atoms with Gasteiger partial charge in [-0.2, -0.15) is 0 Å². The number of rotatable bonds is 4. The molecule has 5 nitrogen and oxygen atoms in total. The lowest BCUT2D eigenvalue weighted by Gasteiger charge is -2.09. The van der Waals surface area contributed by atoms with Gasteiger partial charge in [-0.1, -0.05) is 12.1 Å². The van der Waals surface area contributed by atoms with Crippen molar-refractivity contribution in [2.24, 2.45) is 0 Å². The van der Waals surface area contributed by atoms with E-state index < -0.39 is 11.7 Å². The lowest BCUT2D eigenvalue weighted by Crippen LogP contribution is -2.27. The Labute approximate surface area is 137 Å². The molecule has 0 unspecified atom stereocenters. The van der Waals surface area contributed by atoms with Gasteiger partial charge in [0.2, 0.25) is 5.91 Å². The fourth-order valence-corrected chi connectivity index (χ4v) is 2.42. The summed E-state index contributed by atoms with van der Waals surface area (Å²) in [6.07, 6.45) is 1.53. The van der Waals surface area contributed by atoms with E-state index in [1.807, 2.05) is 0 Å². The maximum Gasteiger partial charge on any atom is 0.258 e. The Morgan fingerprint density at radius 1 is 1.21 bits per heavy atom. The molecular weight excluding hydrogens is 311 g/mol. The van der Waals surface area contributed by atoms with Gasteiger partial charge in [-0.15, -0.1) is 0 Å². The minimum Gasteiger partial charge on any atom is -0.497 e. The molecule has 0 radical (unpaired) electrons. The predicted molar refractivity (Wildman–Crippen MR) is 89.8 cm³/mol. The van der Waals surface area contributed by atoms with Gasteiger partial charge in [-0.25, -0.2) is 4.39 Å². The summed E-state index contributed by atoms with van der Waals surface area (Å²) >= 11 is 0. The van der Waals surface area contributed by atoms with Crippen molar-refractivity contribution in [2.75, 3.05) is 12.4 Å². The van der Waals surface area contributed by atoms with Crippen LogP contribution >= 0.6 is 0 Å². The van der Waals surface area contributed by atoms with Gasteiger partial charge in [0.1, 0.15) is 18.1 Å². The largest absolute Gasteiger partial charge is 0.497 e. The second-order valence-electron chi connectivity index (χ2n) is 5.23. The second kappa shape index (κ2) is 6.54. The molecular formula is C18H15FN2O3. The molecule has 0 aliphatic carbocycles. The van der Waals surface area contributed by atoms with Crippen molar-refractivity contribution in [3.63, 3.8) is 0 Å². The number of nitrogens with zero attached hydrogens (tertiary/aromatic N) is 1. The van der Waals surface area contributed by atoms with Crippen LogP contribution in [0.15, 0.2) is 59.5 Å². The van der Waals surface area contributed by atoms with Crippen LogP contribution < -0.4 is 15.6 Å². The Bertz CT molecular complexity index is 966. The van der Waals surface area contributed by atoms with Crippen LogP contribution in [0.2, 0.25) is 0 Å². The Morgan fingerprint density at radius 3 is 2.75 bits per heavy atom. The lowest BCUT2D eigenvalue weighted by molar-refractivity contribution is -0.116. The van der Waals surface area contributed by atoms with Crippen molar-refractivity contribution >= 4 is 22.4 Å². The molecule has 0 aliphatic heterocycles. The zero-order chi connectivity index (χ0) is 17.1. The smallest absolute Gasteiger partial charge is 0.258 e. The van der Waals surface area contributed by atoms with E-state index in [0.29, 0.717) is 11.1 Å². The Balaban J connectivity index is 1.85. The molecule has 3 aromatic rings. The molecule has 3 rings (SSSR count). The van der Waals surface area contributed by atoms with E-state index in [2.05, 4.69) is 5.32 Å². The van der Waals surface area contributed by atoms with Crippen LogP contribution in [-0.4, -0.2) is 17.6 Å². The summed E-state index contributed by atoms with van der Waals surface area (Å²) in [5.74, 6) is -0.351. The molecule has 1 heterocycles. The van der Waals surface area contributed by atoms with Crippen LogP contribution in [0.3, 0.4) is 0 Å². The van der Waals surface area contributed by atoms with Gasteiger partial charge >= 0.3 is 0 Å². The Kier molecular flexibility index (Phi) is 4.29. The number of para-hydroxylation sites is 1. The number of hydrogen-bond acceptors (Lipinski definition) is 3. The van der Waals surface area contributed by atoms with Gasteiger partial charge in [0.15, 0.2) is 0 Å². The van der Waals surface area contributed by atoms with Crippen molar-refractivity contribution in [2.45, 2.75) is 6.54 Å². The topological polar surface area (TPSA) is 60.3 Å². The number of fused-ring (bicyclic) bond motifs is 1. The molecule has 0 saturated carbocycles. The van der Waals surface area contributed by atoms with E-state index in [1.54, 1.807) is 37.4 Å². The number of anilines is 1. The SMILES string of the molecule is COc1ccc2c(=O)n(CC(=O)Nc3ccccc3F)ccc2c1. The molecule has 0 atom stereocenters. The molecule has 1 aromatic heterocycles. The third kappa shape index (κ3) is 3.12. The monoisotopic (exact) mass is 326 g/mol. The molecule has 0 aliphatic rings. The molecule has 2 aromatic carbocycles. The highest BCUT2D eigenvalue weighted by molar-refractivity contribution is 5.91. The maximum absolute atomic E-state index is 13.6. The molecule has 24 heavy (non-hydrogen) atoms. The first-order valence-corrected chi connectivity index (χ1v) is 7.30. The molecule has 1 N–H and O–H groups in total. The zero-order valence-electron chi connectivity index (χ0n) is 13.0. The first kappa shape index (κ1) is 15.7. The van der Waals surface area contributed by atoms with E-state index >= 15 is 0 Å². The summed E-state index contributed by atoms with van der Waals surface area (Å²) in [7, 11) is 1.55. The average Bonchev–Trinajstić information content (AvgIpc) is 2.59. The second-order valence-corrected chi connectivity index (χ2v) is 5.23. The van der Waals surface area contributed by atoms with Crippen LogP contribution in [0, 0.1) is 5.82 Å². The lowest BCUT2D eigenvalue weighted by atomic mass is 10.1. The third-order valence-electron chi connectivity index (χ3n) is 3.65. The number of nitrogens with one attached hydrogen (secondary N) is 1. The molecule has 1 amide bonds. The average molecular weight is 326 g/mol. The minimum absolute atomic E-state index is 0.0843. The molecule has 0 fully saturated rings. The summed E-state index contributed by atoms with van der Waals surface area (Å²) in [6, 6.07) is 12.7. The summed E-state index contributed by atoms with van der Waals surface area (Å²) in [5, 5.41) is 3.67. The highest BCUT2D eigenvalue weighted by Gasteiger charge is 2.10. The van der Waals surface area contributed by atoms with Crippen molar-refractivity contribution in [3.8, 4) is 5.75 Å². The quantitative estimate of drug-likeness (QED) is 0.802. The fraction of sp³-hybridized carbons (Fsp3) is 0.111. The third-order valence-corrected chi connectivity index (χ3v) is 3.65. The van der Waals surface area contributed by atoms with Crippen LogP contribution in [0.25, 0.3) is 10.8 Å². The highest BCUT2D eigenvalue weighted by Crippen LogP contribution is 2.18. The molecule has 0 spiro atoms. The van der Waals surface area contributed by atoms with Crippen LogP contribution in [-0.2, 0) is 11.3 Å². The number of carbonyl (C=O) groups excluding carboxylic acids is 1. The van der Waals surface area contributed by atoms with Crippen molar-refractivity contribution in [1.82, 2.24) is 4.57 Å². The number of hydrogen-bond donors (Lipinski definition) is 1. The highest BCUT2D eigenvalue weighted by atomic mass is 19.1. The van der Waals surface area contributed by atoms with Gasteiger partial charge in [0, 0.05) is 11.6 Å². The number of benzene rings is 2.